The normalized spacial score (nSPS) is 13.1. The summed E-state index contributed by atoms with van der Waals surface area (Å²) >= 11 is 0. The second-order valence-electron chi connectivity index (χ2n) is 24.2. The Morgan fingerprint density at radius 3 is 0.784 bits per heavy atom. The molecule has 0 rings (SSSR count). The molecule has 0 saturated carbocycles. The van der Waals surface area contributed by atoms with Crippen LogP contribution in [-0.4, -0.2) is 46.1 Å². The van der Waals surface area contributed by atoms with Crippen LogP contribution < -0.4 is 5.32 Å². The molecule has 0 fully saturated rings. The summed E-state index contributed by atoms with van der Waals surface area (Å²) in [5.41, 5.74) is 0. The largest absolute Gasteiger partial charge is 0.394 e. The van der Waals surface area contributed by atoms with E-state index >= 15 is 0 Å². The van der Waals surface area contributed by atoms with Crippen LogP contribution in [0.15, 0.2) is 12.2 Å². The lowest BCUT2D eigenvalue weighted by atomic mass is 10.0. The minimum atomic E-state index is -0.927. The number of rotatable bonds is 65. The SMILES string of the molecule is CCCCCCCCCCCCCCCCCCCCCCCC/C=C/C(O)C(CO)NC(=O)CC(O)CCCCCCCCCCCCCCCCCCCCCCCCCCCCCCCCCCCCC. The lowest BCUT2D eigenvalue weighted by molar-refractivity contribution is -0.124. The Kier molecular flexibility index (Phi) is 63.8. The summed E-state index contributed by atoms with van der Waals surface area (Å²) in [5.74, 6) is -0.306. The first-order chi connectivity index (χ1) is 36.5. The molecule has 0 spiro atoms. The molecule has 74 heavy (non-hydrogen) atoms. The summed E-state index contributed by atoms with van der Waals surface area (Å²) in [6.45, 7) is 4.27. The maximum absolute atomic E-state index is 12.6. The van der Waals surface area contributed by atoms with Gasteiger partial charge in [0.1, 0.15) is 0 Å². The molecule has 0 heterocycles. The van der Waals surface area contributed by atoms with E-state index in [9.17, 15) is 20.1 Å². The van der Waals surface area contributed by atoms with Crippen molar-refractivity contribution in [1.82, 2.24) is 5.32 Å². The maximum atomic E-state index is 12.6. The third-order valence-corrected chi connectivity index (χ3v) is 16.6. The number of carbonyl (C=O) groups is 1. The number of aliphatic hydroxyl groups excluding tert-OH is 3. The molecule has 0 aliphatic carbocycles. The minimum Gasteiger partial charge on any atom is -0.394 e. The summed E-state index contributed by atoms with van der Waals surface area (Å²) in [5, 5.41) is 33.6. The number of amides is 1. The van der Waals surface area contributed by atoms with Crippen molar-refractivity contribution in [3.8, 4) is 0 Å². The van der Waals surface area contributed by atoms with E-state index in [1.165, 1.54) is 347 Å². The number of carbonyl (C=O) groups excluding carboxylic acids is 1. The second kappa shape index (κ2) is 64.6. The zero-order chi connectivity index (χ0) is 53.6. The lowest BCUT2D eigenvalue weighted by Gasteiger charge is -2.21. The minimum absolute atomic E-state index is 0.0199. The van der Waals surface area contributed by atoms with Crippen LogP contribution in [0.25, 0.3) is 0 Å². The van der Waals surface area contributed by atoms with Crippen molar-refractivity contribution in [2.24, 2.45) is 0 Å². The first-order valence-corrected chi connectivity index (χ1v) is 34.5. The van der Waals surface area contributed by atoms with E-state index in [1.54, 1.807) is 6.08 Å². The number of allylic oxidation sites excluding steroid dienone is 1. The van der Waals surface area contributed by atoms with E-state index in [2.05, 4.69) is 19.2 Å². The molecular weight excluding hydrogens is 907 g/mol. The molecule has 442 valence electrons. The van der Waals surface area contributed by atoms with Crippen LogP contribution in [0, 0.1) is 0 Å². The molecule has 0 aliphatic rings. The summed E-state index contributed by atoms with van der Waals surface area (Å²) in [7, 11) is 0. The van der Waals surface area contributed by atoms with Gasteiger partial charge >= 0.3 is 0 Å². The molecule has 0 saturated heterocycles. The average Bonchev–Trinajstić information content (AvgIpc) is 3.40. The van der Waals surface area contributed by atoms with Gasteiger partial charge in [-0.15, -0.1) is 0 Å². The van der Waals surface area contributed by atoms with Crippen LogP contribution in [-0.2, 0) is 4.79 Å². The van der Waals surface area contributed by atoms with E-state index < -0.39 is 18.2 Å². The van der Waals surface area contributed by atoms with Crippen LogP contribution in [0.3, 0.4) is 0 Å². The highest BCUT2D eigenvalue weighted by atomic mass is 16.3. The van der Waals surface area contributed by atoms with Gasteiger partial charge in [-0.05, 0) is 19.3 Å². The van der Waals surface area contributed by atoms with Crippen molar-refractivity contribution in [2.75, 3.05) is 6.61 Å². The Hall–Kier alpha value is -0.910. The van der Waals surface area contributed by atoms with Gasteiger partial charge in [0.2, 0.25) is 5.91 Å². The highest BCUT2D eigenvalue weighted by Gasteiger charge is 2.20. The van der Waals surface area contributed by atoms with Gasteiger partial charge in [0.15, 0.2) is 0 Å². The number of aliphatic hydroxyl groups is 3. The zero-order valence-electron chi connectivity index (χ0n) is 50.8. The Morgan fingerprint density at radius 2 is 0.554 bits per heavy atom. The monoisotopic (exact) mass is 1040 g/mol. The molecule has 0 aromatic carbocycles. The molecule has 3 unspecified atom stereocenters. The fourth-order valence-electron chi connectivity index (χ4n) is 11.3. The summed E-state index contributed by atoms with van der Waals surface area (Å²) < 4.78 is 0. The van der Waals surface area contributed by atoms with E-state index in [0.717, 1.165) is 25.7 Å². The predicted octanol–water partition coefficient (Wildman–Crippen LogP) is 22.2. The molecule has 5 heteroatoms. The third kappa shape index (κ3) is 60.3. The molecule has 3 atom stereocenters. The van der Waals surface area contributed by atoms with Gasteiger partial charge in [0.05, 0.1) is 31.3 Å². The average molecular weight is 1040 g/mol. The molecule has 0 aromatic heterocycles. The van der Waals surface area contributed by atoms with Gasteiger partial charge < -0.3 is 20.6 Å². The Bertz CT molecular complexity index is 1060. The molecule has 0 radical (unpaired) electrons. The molecule has 0 aliphatic heterocycles. The van der Waals surface area contributed by atoms with Crippen LogP contribution in [0.1, 0.15) is 399 Å². The predicted molar refractivity (Wildman–Crippen MR) is 329 cm³/mol. The molecule has 1 amide bonds. The summed E-state index contributed by atoms with van der Waals surface area (Å²) in [6, 6.07) is -0.742. The number of hydrogen-bond acceptors (Lipinski definition) is 4. The molecule has 5 nitrogen and oxygen atoms in total. The Labute approximate surface area is 465 Å². The van der Waals surface area contributed by atoms with E-state index in [4.69, 9.17) is 0 Å². The van der Waals surface area contributed by atoms with Crippen LogP contribution in [0.2, 0.25) is 0 Å². The van der Waals surface area contributed by atoms with Gasteiger partial charge in [-0.25, -0.2) is 0 Å². The zero-order valence-corrected chi connectivity index (χ0v) is 50.8. The fraction of sp³-hybridized carbons (Fsp3) is 0.957. The standard InChI is InChI=1S/C69H137NO4/c1-3-5-7-9-11-13-15-17-19-21-23-25-27-29-30-31-32-33-34-35-36-37-38-39-40-42-44-46-48-50-52-54-56-58-60-62-66(72)64-69(74)70-67(65-71)68(73)63-61-59-57-55-53-51-49-47-45-43-41-28-26-24-22-20-18-16-14-12-10-8-6-4-2/h61,63,66-68,71-73H,3-60,62,64-65H2,1-2H3,(H,70,74)/b63-61+. The third-order valence-electron chi connectivity index (χ3n) is 16.6. The Balaban J connectivity index is 3.45. The van der Waals surface area contributed by atoms with E-state index in [0.29, 0.717) is 6.42 Å². The Morgan fingerprint density at radius 1 is 0.338 bits per heavy atom. The quantitative estimate of drug-likeness (QED) is 0.0361. The lowest BCUT2D eigenvalue weighted by Crippen LogP contribution is -2.45. The number of nitrogens with one attached hydrogen (secondary N) is 1. The summed E-state index contributed by atoms with van der Waals surface area (Å²) in [6.07, 6.45) is 83.2. The van der Waals surface area contributed by atoms with Gasteiger partial charge in [0.25, 0.3) is 0 Å². The molecule has 0 bridgehead atoms. The maximum Gasteiger partial charge on any atom is 0.222 e. The first kappa shape index (κ1) is 73.1. The van der Waals surface area contributed by atoms with Gasteiger partial charge in [-0.3, -0.25) is 4.79 Å². The highest BCUT2D eigenvalue weighted by Crippen LogP contribution is 2.20. The van der Waals surface area contributed by atoms with Crippen molar-refractivity contribution < 1.29 is 20.1 Å². The smallest absolute Gasteiger partial charge is 0.222 e. The van der Waals surface area contributed by atoms with Gasteiger partial charge in [0, 0.05) is 0 Å². The van der Waals surface area contributed by atoms with Crippen molar-refractivity contribution in [2.45, 2.75) is 417 Å². The van der Waals surface area contributed by atoms with Crippen molar-refractivity contribution in [1.29, 1.82) is 0 Å². The van der Waals surface area contributed by atoms with Crippen molar-refractivity contribution in [3.05, 3.63) is 12.2 Å². The molecular formula is C69H137NO4. The first-order valence-electron chi connectivity index (χ1n) is 34.5. The van der Waals surface area contributed by atoms with Crippen molar-refractivity contribution in [3.63, 3.8) is 0 Å². The topological polar surface area (TPSA) is 89.8 Å². The van der Waals surface area contributed by atoms with Crippen molar-refractivity contribution >= 4 is 5.91 Å². The number of hydrogen-bond donors (Lipinski definition) is 4. The van der Waals surface area contributed by atoms with Crippen LogP contribution in [0.4, 0.5) is 0 Å². The summed E-state index contributed by atoms with van der Waals surface area (Å²) in [4.78, 5) is 12.6. The van der Waals surface area contributed by atoms with Gasteiger partial charge in [-0.2, -0.15) is 0 Å². The molecule has 4 N–H and O–H groups in total. The van der Waals surface area contributed by atoms with Gasteiger partial charge in [-0.1, -0.05) is 386 Å². The van der Waals surface area contributed by atoms with Crippen LogP contribution in [0.5, 0.6) is 0 Å². The highest BCUT2D eigenvalue weighted by molar-refractivity contribution is 5.76. The van der Waals surface area contributed by atoms with Crippen LogP contribution >= 0.6 is 0 Å². The fourth-order valence-corrected chi connectivity index (χ4v) is 11.3. The van der Waals surface area contributed by atoms with E-state index in [1.807, 2.05) is 6.08 Å². The molecule has 0 aromatic rings. The van der Waals surface area contributed by atoms with E-state index in [-0.39, 0.29) is 18.9 Å². The second-order valence-corrected chi connectivity index (χ2v) is 24.2. The number of unbranched alkanes of at least 4 members (excludes halogenated alkanes) is 56.